The van der Waals surface area contributed by atoms with E-state index < -0.39 is 0 Å². The minimum Gasteiger partial charge on any atom is -0.377 e. The van der Waals surface area contributed by atoms with Crippen LogP contribution in [0.2, 0.25) is 0 Å². The third-order valence-corrected chi connectivity index (χ3v) is 6.61. The number of hydrogen-bond donors (Lipinski definition) is 2. The van der Waals surface area contributed by atoms with Crippen molar-refractivity contribution in [1.29, 1.82) is 0 Å². The van der Waals surface area contributed by atoms with Crippen LogP contribution in [0.1, 0.15) is 11.4 Å². The van der Waals surface area contributed by atoms with E-state index in [0.717, 1.165) is 22.8 Å². The number of aromatic nitrogens is 2. The third kappa shape index (κ3) is 4.94. The Balaban J connectivity index is 1.59. The number of benzene rings is 2. The lowest BCUT2D eigenvalue weighted by Crippen LogP contribution is -2.06. The van der Waals surface area contributed by atoms with Gasteiger partial charge in [0.15, 0.2) is 0 Å². The van der Waals surface area contributed by atoms with E-state index in [1.165, 1.54) is 20.9 Å². The van der Waals surface area contributed by atoms with Gasteiger partial charge in [0, 0.05) is 12.4 Å². The summed E-state index contributed by atoms with van der Waals surface area (Å²) < 4.78 is 0. The number of pyridine rings is 2. The first-order valence-electron chi connectivity index (χ1n) is 10.9. The maximum Gasteiger partial charge on any atom is 0.0775 e. The zero-order valence-electron chi connectivity index (χ0n) is 18.1. The van der Waals surface area contributed by atoms with Crippen molar-refractivity contribution in [2.75, 3.05) is 10.6 Å². The van der Waals surface area contributed by atoms with Crippen molar-refractivity contribution >= 4 is 22.7 Å². The molecule has 4 nitrogen and oxygen atoms in total. The molecule has 0 aliphatic carbocycles. The molecule has 0 saturated heterocycles. The monoisotopic (exact) mass is 448 g/mol. The Bertz CT molecular complexity index is 1190. The Morgan fingerprint density at radius 2 is 0.939 bits per heavy atom. The molecule has 33 heavy (non-hydrogen) atoms. The molecule has 162 valence electrons. The molecule has 3 aromatic heterocycles. The summed E-state index contributed by atoms with van der Waals surface area (Å²) in [6.45, 7) is 1.29. The molecule has 0 spiro atoms. The van der Waals surface area contributed by atoms with Crippen LogP contribution in [0.3, 0.4) is 0 Å². The largest absolute Gasteiger partial charge is 0.377 e. The van der Waals surface area contributed by atoms with E-state index in [2.05, 4.69) is 81.3 Å². The molecule has 2 N–H and O–H groups in total. The zero-order valence-corrected chi connectivity index (χ0v) is 18.9. The van der Waals surface area contributed by atoms with Gasteiger partial charge in [0.1, 0.15) is 0 Å². The molecule has 3 heterocycles. The van der Waals surface area contributed by atoms with E-state index in [1.807, 2.05) is 48.8 Å². The number of rotatable bonds is 8. The molecule has 5 heteroatoms. The van der Waals surface area contributed by atoms with E-state index in [1.54, 1.807) is 11.3 Å². The van der Waals surface area contributed by atoms with Gasteiger partial charge in [-0.2, -0.15) is 0 Å². The fraction of sp³-hybridized carbons (Fsp3) is 0.0714. The predicted octanol–water partition coefficient (Wildman–Crippen LogP) is 7.10. The van der Waals surface area contributed by atoms with Gasteiger partial charge in [0.2, 0.25) is 0 Å². The smallest absolute Gasteiger partial charge is 0.0775 e. The second-order valence-corrected chi connectivity index (χ2v) is 8.61. The molecule has 0 bridgehead atoms. The minimum atomic E-state index is 0.643. The summed E-state index contributed by atoms with van der Waals surface area (Å²) in [6, 6.07) is 33.1. The standard InChI is InChI=1S/C28H24N4S/c1-3-11-21(12-4-1)27-25(31-19-23-15-7-9-17-29-23)26(32-20-24-16-8-10-18-30-24)28(33-27)22-13-5-2-6-14-22/h1-18,31-32H,19-20H2. The van der Waals surface area contributed by atoms with Crippen molar-refractivity contribution in [3.63, 3.8) is 0 Å². The number of anilines is 2. The number of hydrogen-bond acceptors (Lipinski definition) is 5. The van der Waals surface area contributed by atoms with Crippen LogP contribution < -0.4 is 10.6 Å². The summed E-state index contributed by atoms with van der Waals surface area (Å²) in [5.74, 6) is 0. The first-order chi connectivity index (χ1) is 16.4. The van der Waals surface area contributed by atoms with Crippen molar-refractivity contribution in [3.8, 4) is 20.9 Å². The van der Waals surface area contributed by atoms with Crippen molar-refractivity contribution in [1.82, 2.24) is 9.97 Å². The van der Waals surface area contributed by atoms with Gasteiger partial charge in [0.25, 0.3) is 0 Å². The number of thiophene rings is 1. The van der Waals surface area contributed by atoms with Crippen molar-refractivity contribution in [3.05, 3.63) is 121 Å². The molecule has 0 fully saturated rings. The highest BCUT2D eigenvalue weighted by molar-refractivity contribution is 7.20. The topological polar surface area (TPSA) is 49.8 Å². The van der Waals surface area contributed by atoms with Gasteiger partial charge in [-0.15, -0.1) is 11.3 Å². The lowest BCUT2D eigenvalue weighted by molar-refractivity contribution is 1.03. The molecular weight excluding hydrogens is 424 g/mol. The van der Waals surface area contributed by atoms with Crippen LogP contribution in [-0.2, 0) is 13.1 Å². The SMILES string of the molecule is c1ccc(-c2sc(-c3ccccc3)c(NCc3ccccn3)c2NCc2ccccn2)cc1. The summed E-state index contributed by atoms with van der Waals surface area (Å²) in [7, 11) is 0. The van der Waals surface area contributed by atoms with Gasteiger partial charge < -0.3 is 10.6 Å². The molecule has 0 saturated carbocycles. The van der Waals surface area contributed by atoms with Crippen LogP contribution in [0.25, 0.3) is 20.9 Å². The van der Waals surface area contributed by atoms with Gasteiger partial charge in [-0.05, 0) is 35.4 Å². The fourth-order valence-electron chi connectivity index (χ4n) is 3.72. The fourth-order valence-corrected chi connectivity index (χ4v) is 4.98. The highest BCUT2D eigenvalue weighted by Gasteiger charge is 2.20. The van der Waals surface area contributed by atoms with Crippen LogP contribution in [0.5, 0.6) is 0 Å². The minimum absolute atomic E-state index is 0.643. The molecule has 0 unspecified atom stereocenters. The van der Waals surface area contributed by atoms with Gasteiger partial charge in [-0.1, -0.05) is 72.8 Å². The molecule has 0 radical (unpaired) electrons. The van der Waals surface area contributed by atoms with Crippen molar-refractivity contribution in [2.45, 2.75) is 13.1 Å². The summed E-state index contributed by atoms with van der Waals surface area (Å²) in [4.78, 5) is 11.4. The van der Waals surface area contributed by atoms with E-state index in [9.17, 15) is 0 Å². The Labute approximate surface area is 198 Å². The second-order valence-electron chi connectivity index (χ2n) is 7.59. The number of nitrogens with zero attached hydrogens (tertiary/aromatic N) is 2. The van der Waals surface area contributed by atoms with E-state index in [4.69, 9.17) is 0 Å². The highest BCUT2D eigenvalue weighted by Crippen LogP contribution is 2.49. The normalized spacial score (nSPS) is 10.7. The molecule has 5 rings (SSSR count). The molecule has 0 aliphatic rings. The lowest BCUT2D eigenvalue weighted by Gasteiger charge is -2.14. The average molecular weight is 449 g/mol. The van der Waals surface area contributed by atoms with Gasteiger partial charge in [-0.25, -0.2) is 0 Å². The van der Waals surface area contributed by atoms with Crippen molar-refractivity contribution in [2.24, 2.45) is 0 Å². The van der Waals surface area contributed by atoms with Crippen LogP contribution in [0, 0.1) is 0 Å². The van der Waals surface area contributed by atoms with Crippen LogP contribution in [0.4, 0.5) is 11.4 Å². The first kappa shape index (κ1) is 20.9. The summed E-state index contributed by atoms with van der Waals surface area (Å²) in [6.07, 6.45) is 3.66. The molecule has 0 amide bonds. The van der Waals surface area contributed by atoms with Gasteiger partial charge >= 0.3 is 0 Å². The Morgan fingerprint density at radius 1 is 0.515 bits per heavy atom. The van der Waals surface area contributed by atoms with E-state index in [-0.39, 0.29) is 0 Å². The molecular formula is C28H24N4S. The summed E-state index contributed by atoms with van der Waals surface area (Å²) in [5.41, 5.74) is 6.56. The lowest BCUT2D eigenvalue weighted by atomic mass is 10.1. The summed E-state index contributed by atoms with van der Waals surface area (Å²) in [5, 5.41) is 7.38. The Hall–Kier alpha value is -3.96. The van der Waals surface area contributed by atoms with Crippen LogP contribution in [-0.4, -0.2) is 9.97 Å². The molecule has 0 aliphatic heterocycles. The number of nitrogens with one attached hydrogen (secondary N) is 2. The van der Waals surface area contributed by atoms with Gasteiger partial charge in [0.05, 0.1) is 45.6 Å². The van der Waals surface area contributed by atoms with E-state index in [0.29, 0.717) is 13.1 Å². The maximum absolute atomic E-state index is 4.49. The predicted molar refractivity (Wildman–Crippen MR) is 138 cm³/mol. The first-order valence-corrected chi connectivity index (χ1v) is 11.8. The van der Waals surface area contributed by atoms with Crippen LogP contribution in [0.15, 0.2) is 109 Å². The molecule has 2 aromatic carbocycles. The average Bonchev–Trinajstić information content (AvgIpc) is 3.27. The third-order valence-electron chi connectivity index (χ3n) is 5.33. The zero-order chi connectivity index (χ0) is 22.3. The molecule has 5 aromatic rings. The van der Waals surface area contributed by atoms with E-state index >= 15 is 0 Å². The molecule has 0 atom stereocenters. The summed E-state index contributed by atoms with van der Waals surface area (Å²) >= 11 is 1.80. The Kier molecular flexibility index (Phi) is 6.41. The maximum atomic E-state index is 4.49. The van der Waals surface area contributed by atoms with Gasteiger partial charge in [-0.3, -0.25) is 9.97 Å². The van der Waals surface area contributed by atoms with Crippen LogP contribution >= 0.6 is 11.3 Å². The Morgan fingerprint density at radius 3 is 1.33 bits per heavy atom. The quantitative estimate of drug-likeness (QED) is 0.266. The highest BCUT2D eigenvalue weighted by atomic mass is 32.1. The van der Waals surface area contributed by atoms with Crippen molar-refractivity contribution < 1.29 is 0 Å². The second kappa shape index (κ2) is 10.1.